The number of hydrogen-bond acceptors (Lipinski definition) is 2. The minimum atomic E-state index is 0.268. The highest BCUT2D eigenvalue weighted by molar-refractivity contribution is 5.35. The summed E-state index contributed by atoms with van der Waals surface area (Å²) in [4.78, 5) is 0. The van der Waals surface area contributed by atoms with Gasteiger partial charge in [-0.1, -0.05) is 32.0 Å². The number of hydrazine groups is 1. The summed E-state index contributed by atoms with van der Waals surface area (Å²) in [5, 5.41) is 0. The Morgan fingerprint density at radius 1 is 1.27 bits per heavy atom. The van der Waals surface area contributed by atoms with Crippen molar-refractivity contribution in [2.24, 2.45) is 11.8 Å². The summed E-state index contributed by atoms with van der Waals surface area (Å²) in [6.07, 6.45) is 1.07. The molecule has 0 heterocycles. The Hall–Kier alpha value is -0.860. The summed E-state index contributed by atoms with van der Waals surface area (Å²) in [5.41, 5.74) is 6.92. The smallest absolute Gasteiger partial charge is 0.0465 e. The zero-order valence-electron chi connectivity index (χ0n) is 10.2. The van der Waals surface area contributed by atoms with Crippen molar-refractivity contribution in [3.8, 4) is 0 Å². The molecule has 1 rings (SSSR count). The van der Waals surface area contributed by atoms with Crippen LogP contribution in [0.5, 0.6) is 0 Å². The van der Waals surface area contributed by atoms with Crippen LogP contribution in [0.4, 0.5) is 0 Å². The van der Waals surface area contributed by atoms with E-state index in [1.54, 1.807) is 0 Å². The van der Waals surface area contributed by atoms with E-state index in [-0.39, 0.29) is 6.04 Å². The maximum absolute atomic E-state index is 5.62. The van der Waals surface area contributed by atoms with Crippen molar-refractivity contribution in [2.45, 2.75) is 40.2 Å². The van der Waals surface area contributed by atoms with Crippen molar-refractivity contribution < 1.29 is 0 Å². The Labute approximate surface area is 92.8 Å². The molecule has 2 heteroatoms. The molecule has 1 unspecified atom stereocenters. The third kappa shape index (κ3) is 3.05. The summed E-state index contributed by atoms with van der Waals surface area (Å²) in [6.45, 7) is 8.74. The number of benzene rings is 1. The fourth-order valence-electron chi connectivity index (χ4n) is 1.91. The third-order valence-corrected chi connectivity index (χ3v) is 2.93. The monoisotopic (exact) mass is 206 g/mol. The molecule has 0 fully saturated rings. The molecule has 0 aliphatic carbocycles. The molecule has 0 amide bonds. The minimum Gasteiger partial charge on any atom is -0.271 e. The van der Waals surface area contributed by atoms with Gasteiger partial charge in [0.05, 0.1) is 0 Å². The third-order valence-electron chi connectivity index (χ3n) is 2.93. The maximum Gasteiger partial charge on any atom is 0.0465 e. The molecule has 0 bridgehead atoms. The first kappa shape index (κ1) is 12.2. The molecule has 0 aromatic heterocycles. The molecule has 0 saturated heterocycles. The Balaban J connectivity index is 2.96. The number of nitrogens with one attached hydrogen (secondary N) is 1. The molecule has 0 aliphatic rings. The van der Waals surface area contributed by atoms with Crippen LogP contribution in [0, 0.1) is 19.8 Å². The molecule has 1 atom stereocenters. The second kappa shape index (κ2) is 5.29. The number of aryl methyl sites for hydroxylation is 1. The zero-order valence-corrected chi connectivity index (χ0v) is 10.2. The first-order valence-corrected chi connectivity index (χ1v) is 5.58. The highest BCUT2D eigenvalue weighted by Gasteiger charge is 2.14. The van der Waals surface area contributed by atoms with E-state index in [9.17, 15) is 0 Å². The van der Waals surface area contributed by atoms with E-state index in [2.05, 4.69) is 51.3 Å². The first-order valence-electron chi connectivity index (χ1n) is 5.58. The summed E-state index contributed by atoms with van der Waals surface area (Å²) in [6, 6.07) is 6.67. The van der Waals surface area contributed by atoms with Crippen LogP contribution in [0.1, 0.15) is 43.0 Å². The van der Waals surface area contributed by atoms with Crippen LogP contribution < -0.4 is 11.3 Å². The van der Waals surface area contributed by atoms with E-state index < -0.39 is 0 Å². The van der Waals surface area contributed by atoms with E-state index in [0.717, 1.165) is 6.42 Å². The van der Waals surface area contributed by atoms with Gasteiger partial charge in [0.25, 0.3) is 0 Å². The van der Waals surface area contributed by atoms with Gasteiger partial charge in [-0.15, -0.1) is 0 Å². The minimum absolute atomic E-state index is 0.268. The van der Waals surface area contributed by atoms with Crippen LogP contribution >= 0.6 is 0 Å². The highest BCUT2D eigenvalue weighted by Crippen LogP contribution is 2.24. The Morgan fingerprint density at radius 2 is 1.93 bits per heavy atom. The quantitative estimate of drug-likeness (QED) is 0.587. The SMILES string of the molecule is Cc1cccc(C(CC(C)C)NN)c1C. The maximum atomic E-state index is 5.62. The number of hydrogen-bond donors (Lipinski definition) is 2. The van der Waals surface area contributed by atoms with E-state index in [4.69, 9.17) is 5.84 Å². The number of nitrogens with two attached hydrogens (primary N) is 1. The second-order valence-electron chi connectivity index (χ2n) is 4.64. The summed E-state index contributed by atoms with van der Waals surface area (Å²) in [7, 11) is 0. The van der Waals surface area contributed by atoms with E-state index in [0.29, 0.717) is 5.92 Å². The molecule has 2 nitrogen and oxygen atoms in total. The lowest BCUT2D eigenvalue weighted by atomic mass is 9.92. The van der Waals surface area contributed by atoms with Crippen LogP contribution in [0.3, 0.4) is 0 Å². The van der Waals surface area contributed by atoms with Gasteiger partial charge in [-0.05, 0) is 42.9 Å². The van der Waals surface area contributed by atoms with Gasteiger partial charge in [0.2, 0.25) is 0 Å². The van der Waals surface area contributed by atoms with Gasteiger partial charge >= 0.3 is 0 Å². The van der Waals surface area contributed by atoms with Crippen molar-refractivity contribution in [1.29, 1.82) is 0 Å². The Morgan fingerprint density at radius 3 is 2.47 bits per heavy atom. The lowest BCUT2D eigenvalue weighted by molar-refractivity contribution is 0.436. The highest BCUT2D eigenvalue weighted by atomic mass is 15.2. The van der Waals surface area contributed by atoms with Crippen LogP contribution in [0.25, 0.3) is 0 Å². The molecule has 0 spiro atoms. The van der Waals surface area contributed by atoms with Gasteiger partial charge in [-0.25, -0.2) is 0 Å². The van der Waals surface area contributed by atoms with Gasteiger partial charge < -0.3 is 0 Å². The van der Waals surface area contributed by atoms with Gasteiger partial charge in [-0.2, -0.15) is 0 Å². The fraction of sp³-hybridized carbons (Fsp3) is 0.538. The van der Waals surface area contributed by atoms with E-state index >= 15 is 0 Å². The van der Waals surface area contributed by atoms with Gasteiger partial charge in [-0.3, -0.25) is 11.3 Å². The Bertz CT molecular complexity index is 318. The summed E-state index contributed by atoms with van der Waals surface area (Å²) < 4.78 is 0. The molecule has 3 N–H and O–H groups in total. The lowest BCUT2D eigenvalue weighted by Gasteiger charge is -2.21. The lowest BCUT2D eigenvalue weighted by Crippen LogP contribution is -2.29. The van der Waals surface area contributed by atoms with Gasteiger partial charge in [0.1, 0.15) is 0 Å². The predicted octanol–water partition coefficient (Wildman–Crippen LogP) is 2.85. The van der Waals surface area contributed by atoms with Crippen molar-refractivity contribution in [2.75, 3.05) is 0 Å². The van der Waals surface area contributed by atoms with E-state index in [1.807, 2.05) is 0 Å². The fourth-order valence-corrected chi connectivity index (χ4v) is 1.91. The predicted molar refractivity (Wildman–Crippen MR) is 65.4 cm³/mol. The van der Waals surface area contributed by atoms with Crippen molar-refractivity contribution in [1.82, 2.24) is 5.43 Å². The topological polar surface area (TPSA) is 38.0 Å². The van der Waals surface area contributed by atoms with Crippen molar-refractivity contribution in [3.63, 3.8) is 0 Å². The molecular formula is C13H22N2. The van der Waals surface area contributed by atoms with Crippen LogP contribution in [0.2, 0.25) is 0 Å². The molecule has 1 aromatic rings. The first-order chi connectivity index (χ1) is 7.06. The molecular weight excluding hydrogens is 184 g/mol. The molecule has 1 aromatic carbocycles. The molecule has 0 aliphatic heterocycles. The van der Waals surface area contributed by atoms with Crippen LogP contribution in [-0.4, -0.2) is 0 Å². The van der Waals surface area contributed by atoms with Gasteiger partial charge in [0, 0.05) is 6.04 Å². The second-order valence-corrected chi connectivity index (χ2v) is 4.64. The average molecular weight is 206 g/mol. The van der Waals surface area contributed by atoms with Crippen molar-refractivity contribution >= 4 is 0 Å². The zero-order chi connectivity index (χ0) is 11.4. The van der Waals surface area contributed by atoms with Crippen molar-refractivity contribution in [3.05, 3.63) is 34.9 Å². The molecule has 84 valence electrons. The molecule has 0 radical (unpaired) electrons. The standard InChI is InChI=1S/C13H22N2/c1-9(2)8-13(15-14)12-7-5-6-10(3)11(12)4/h5-7,9,13,15H,8,14H2,1-4H3. The molecule has 0 saturated carbocycles. The molecule has 15 heavy (non-hydrogen) atoms. The summed E-state index contributed by atoms with van der Waals surface area (Å²) in [5.74, 6) is 6.27. The number of rotatable bonds is 4. The summed E-state index contributed by atoms with van der Waals surface area (Å²) >= 11 is 0. The van der Waals surface area contributed by atoms with Crippen LogP contribution in [-0.2, 0) is 0 Å². The van der Waals surface area contributed by atoms with Crippen LogP contribution in [0.15, 0.2) is 18.2 Å². The van der Waals surface area contributed by atoms with Gasteiger partial charge in [0.15, 0.2) is 0 Å². The average Bonchev–Trinajstić information content (AvgIpc) is 2.19. The Kier molecular flexibility index (Phi) is 4.30. The largest absolute Gasteiger partial charge is 0.271 e. The van der Waals surface area contributed by atoms with E-state index in [1.165, 1.54) is 16.7 Å². The normalized spacial score (nSPS) is 13.2.